The first-order chi connectivity index (χ1) is 13.0. The number of pyridine rings is 1. The topological polar surface area (TPSA) is 73.1 Å². The number of hydrogen-bond acceptors (Lipinski definition) is 5. The molecule has 1 fully saturated rings. The number of azo groups is 1. The number of allylic oxidation sites excluding steroid dienone is 1. The van der Waals surface area contributed by atoms with Crippen molar-refractivity contribution in [2.75, 3.05) is 13.2 Å². The molecule has 0 aliphatic carbocycles. The average molecular weight is 361 g/mol. The molecule has 1 aromatic carbocycles. The minimum absolute atomic E-state index is 0.323. The number of amides is 1. The summed E-state index contributed by atoms with van der Waals surface area (Å²) in [5, 5.41) is 7.46. The molecule has 1 saturated heterocycles. The lowest BCUT2D eigenvalue weighted by Gasteiger charge is -2.27. The van der Waals surface area contributed by atoms with E-state index in [1.165, 1.54) is 0 Å². The van der Waals surface area contributed by atoms with E-state index in [9.17, 15) is 4.79 Å². The fourth-order valence-corrected chi connectivity index (χ4v) is 3.22. The molecule has 0 spiro atoms. The number of benzene rings is 1. The number of ether oxygens (including phenoxy) is 2. The minimum Gasteiger partial charge on any atom is -0.439 e. The number of nitrogens with zero attached hydrogens (tertiary/aromatic N) is 3. The van der Waals surface area contributed by atoms with Gasteiger partial charge in [-0.25, -0.2) is 4.98 Å². The maximum absolute atomic E-state index is 11.9. The molecule has 0 saturated carbocycles. The van der Waals surface area contributed by atoms with E-state index in [0.29, 0.717) is 42.0 Å². The fourth-order valence-electron chi connectivity index (χ4n) is 3.22. The quantitative estimate of drug-likeness (QED) is 0.799. The smallest absolute Gasteiger partial charge is 0.291 e. The van der Waals surface area contributed by atoms with Crippen molar-refractivity contribution in [2.24, 2.45) is 10.2 Å². The van der Waals surface area contributed by atoms with E-state index in [-0.39, 0.29) is 5.91 Å². The predicted octanol–water partition coefficient (Wildman–Crippen LogP) is 4.58. The Kier molecular flexibility index (Phi) is 4.41. The minimum atomic E-state index is -0.335. The maximum atomic E-state index is 11.9. The summed E-state index contributed by atoms with van der Waals surface area (Å²) in [4.78, 5) is 16.3. The molecule has 4 rings (SSSR count). The van der Waals surface area contributed by atoms with Gasteiger partial charge in [-0.2, -0.15) is 0 Å². The van der Waals surface area contributed by atoms with Crippen molar-refractivity contribution >= 4 is 11.5 Å². The van der Waals surface area contributed by atoms with E-state index >= 15 is 0 Å². The van der Waals surface area contributed by atoms with Crippen molar-refractivity contribution in [3.8, 4) is 11.6 Å². The zero-order valence-electron chi connectivity index (χ0n) is 15.2. The Bertz CT molecular complexity index is 1000. The molecule has 2 aromatic rings. The lowest BCUT2D eigenvalue weighted by Crippen LogP contribution is -2.25. The normalized spacial score (nSPS) is 17.3. The fraction of sp³-hybridized carbons (Fsp3) is 0.238. The molecular formula is C21H19N3O3. The van der Waals surface area contributed by atoms with Crippen LogP contribution in [0.3, 0.4) is 0 Å². The van der Waals surface area contributed by atoms with Crippen LogP contribution in [0.15, 0.2) is 64.6 Å². The third kappa shape index (κ3) is 3.19. The number of carbonyl (C=O) groups excluding carboxylic acids is 1. The molecule has 0 N–H and O–H groups in total. The highest BCUT2D eigenvalue weighted by molar-refractivity contribution is 6.05. The zero-order valence-corrected chi connectivity index (χ0v) is 15.2. The SMILES string of the molecule is C=C1N=NC(=O)C(C)=C1c1ccc(Oc2ncccc2C2COC2)cc1C. The molecule has 6 heteroatoms. The van der Waals surface area contributed by atoms with Crippen LogP contribution in [0.1, 0.15) is 29.5 Å². The number of aryl methyl sites for hydroxylation is 1. The molecule has 1 amide bonds. The van der Waals surface area contributed by atoms with Gasteiger partial charge >= 0.3 is 0 Å². The Morgan fingerprint density at radius 3 is 2.70 bits per heavy atom. The molecular weight excluding hydrogens is 342 g/mol. The van der Waals surface area contributed by atoms with Gasteiger partial charge < -0.3 is 9.47 Å². The highest BCUT2D eigenvalue weighted by Gasteiger charge is 2.25. The molecule has 27 heavy (non-hydrogen) atoms. The van der Waals surface area contributed by atoms with E-state index in [1.54, 1.807) is 13.1 Å². The van der Waals surface area contributed by atoms with Crippen LogP contribution in [-0.2, 0) is 9.53 Å². The summed E-state index contributed by atoms with van der Waals surface area (Å²) >= 11 is 0. The second kappa shape index (κ2) is 6.89. The van der Waals surface area contributed by atoms with Crippen LogP contribution >= 0.6 is 0 Å². The molecule has 2 aliphatic heterocycles. The Hall–Kier alpha value is -3.12. The Labute approximate surface area is 157 Å². The van der Waals surface area contributed by atoms with Gasteiger partial charge in [0.05, 0.1) is 18.9 Å². The van der Waals surface area contributed by atoms with E-state index in [4.69, 9.17) is 9.47 Å². The summed E-state index contributed by atoms with van der Waals surface area (Å²) in [6.45, 7) is 9.00. The van der Waals surface area contributed by atoms with Crippen molar-refractivity contribution in [3.05, 3.63) is 71.1 Å². The third-order valence-electron chi connectivity index (χ3n) is 4.81. The first kappa shape index (κ1) is 17.3. The van der Waals surface area contributed by atoms with Crippen molar-refractivity contribution in [1.29, 1.82) is 0 Å². The van der Waals surface area contributed by atoms with Crippen LogP contribution in [0.4, 0.5) is 0 Å². The first-order valence-electron chi connectivity index (χ1n) is 8.72. The van der Waals surface area contributed by atoms with Crippen molar-refractivity contribution in [1.82, 2.24) is 4.98 Å². The predicted molar refractivity (Wildman–Crippen MR) is 101 cm³/mol. The van der Waals surface area contributed by atoms with E-state index in [0.717, 1.165) is 22.3 Å². The van der Waals surface area contributed by atoms with Crippen LogP contribution in [0.25, 0.3) is 5.57 Å². The van der Waals surface area contributed by atoms with Gasteiger partial charge in [-0.05, 0) is 43.2 Å². The van der Waals surface area contributed by atoms with E-state index < -0.39 is 0 Å². The molecule has 136 valence electrons. The summed E-state index contributed by atoms with van der Waals surface area (Å²) in [7, 11) is 0. The van der Waals surface area contributed by atoms with Crippen LogP contribution < -0.4 is 4.74 Å². The third-order valence-corrected chi connectivity index (χ3v) is 4.81. The van der Waals surface area contributed by atoms with Crippen molar-refractivity contribution < 1.29 is 14.3 Å². The maximum Gasteiger partial charge on any atom is 0.291 e. The molecule has 0 radical (unpaired) electrons. The van der Waals surface area contributed by atoms with Gasteiger partial charge in [0.2, 0.25) is 5.88 Å². The van der Waals surface area contributed by atoms with Gasteiger partial charge in [-0.3, -0.25) is 4.79 Å². The van der Waals surface area contributed by atoms with Crippen LogP contribution in [-0.4, -0.2) is 24.1 Å². The Morgan fingerprint density at radius 1 is 1.19 bits per heavy atom. The molecule has 0 bridgehead atoms. The largest absolute Gasteiger partial charge is 0.439 e. The van der Waals surface area contributed by atoms with Gasteiger partial charge in [0, 0.05) is 28.8 Å². The Morgan fingerprint density at radius 2 is 2.00 bits per heavy atom. The number of hydrogen-bond donors (Lipinski definition) is 0. The average Bonchev–Trinajstić information content (AvgIpc) is 2.60. The van der Waals surface area contributed by atoms with Crippen LogP contribution in [0.2, 0.25) is 0 Å². The molecule has 2 aliphatic rings. The van der Waals surface area contributed by atoms with Crippen LogP contribution in [0.5, 0.6) is 11.6 Å². The summed E-state index contributed by atoms with van der Waals surface area (Å²) in [5.74, 6) is 1.27. The molecule has 1 aromatic heterocycles. The van der Waals surface area contributed by atoms with Gasteiger partial charge in [-0.15, -0.1) is 10.2 Å². The molecule has 6 nitrogen and oxygen atoms in total. The van der Waals surface area contributed by atoms with Crippen LogP contribution in [0, 0.1) is 6.92 Å². The zero-order chi connectivity index (χ0) is 19.0. The van der Waals surface area contributed by atoms with Crippen molar-refractivity contribution in [2.45, 2.75) is 19.8 Å². The standard InChI is InChI=1S/C21H19N3O3/c1-12-9-16(27-21-18(5-4-8-22-21)15-10-26-11-15)6-7-17(12)19-13(2)20(25)24-23-14(19)3/h4-9,15H,3,10-11H2,1-2H3. The second-order valence-corrected chi connectivity index (χ2v) is 6.66. The number of carbonyl (C=O) groups is 1. The highest BCUT2D eigenvalue weighted by Crippen LogP contribution is 2.36. The number of aromatic nitrogens is 1. The van der Waals surface area contributed by atoms with Gasteiger partial charge in [0.15, 0.2) is 0 Å². The lowest BCUT2D eigenvalue weighted by molar-refractivity contribution is -0.114. The highest BCUT2D eigenvalue weighted by atomic mass is 16.5. The monoisotopic (exact) mass is 361 g/mol. The second-order valence-electron chi connectivity index (χ2n) is 6.66. The summed E-state index contributed by atoms with van der Waals surface area (Å²) in [6.07, 6.45) is 1.72. The molecule has 0 unspecified atom stereocenters. The summed E-state index contributed by atoms with van der Waals surface area (Å²) < 4.78 is 11.3. The van der Waals surface area contributed by atoms with E-state index in [2.05, 4.69) is 21.8 Å². The molecule has 0 atom stereocenters. The Balaban J connectivity index is 1.65. The number of rotatable bonds is 4. The lowest BCUT2D eigenvalue weighted by atomic mass is 9.93. The van der Waals surface area contributed by atoms with Gasteiger partial charge in [0.1, 0.15) is 5.75 Å². The van der Waals surface area contributed by atoms with Gasteiger partial charge in [0.25, 0.3) is 5.91 Å². The summed E-state index contributed by atoms with van der Waals surface area (Å²) in [5.41, 5.74) is 4.66. The van der Waals surface area contributed by atoms with Gasteiger partial charge in [-0.1, -0.05) is 18.7 Å². The summed E-state index contributed by atoms with van der Waals surface area (Å²) in [6, 6.07) is 9.63. The molecule has 3 heterocycles. The van der Waals surface area contributed by atoms with Crippen molar-refractivity contribution in [3.63, 3.8) is 0 Å². The van der Waals surface area contributed by atoms with E-state index in [1.807, 2.05) is 37.3 Å². The first-order valence-corrected chi connectivity index (χ1v) is 8.72.